The van der Waals surface area contributed by atoms with Crippen LogP contribution in [0.5, 0.6) is 0 Å². The van der Waals surface area contributed by atoms with Crippen molar-refractivity contribution < 1.29 is 4.79 Å². The fraction of sp³-hybridized carbons (Fsp3) is 0.174. The second kappa shape index (κ2) is 8.49. The molecular weight excluding hydrogens is 380 g/mol. The Morgan fingerprint density at radius 2 is 1.76 bits per heavy atom. The highest BCUT2D eigenvalue weighted by molar-refractivity contribution is 7.99. The molecule has 4 aromatic rings. The number of para-hydroxylation sites is 1. The van der Waals surface area contributed by atoms with E-state index in [1.165, 1.54) is 17.1 Å². The van der Waals surface area contributed by atoms with E-state index >= 15 is 0 Å². The summed E-state index contributed by atoms with van der Waals surface area (Å²) in [6, 6.07) is 17.9. The zero-order chi connectivity index (χ0) is 20.2. The molecule has 0 aliphatic carbocycles. The van der Waals surface area contributed by atoms with Gasteiger partial charge in [-0.2, -0.15) is 0 Å². The minimum atomic E-state index is 0.00771. The molecule has 4 rings (SSSR count). The van der Waals surface area contributed by atoms with E-state index in [0.717, 1.165) is 38.2 Å². The molecule has 146 valence electrons. The Balaban J connectivity index is 1.34. The minimum Gasteiger partial charge on any atom is -0.361 e. The fourth-order valence-corrected chi connectivity index (χ4v) is 4.12. The van der Waals surface area contributed by atoms with E-state index < -0.39 is 0 Å². The summed E-state index contributed by atoms with van der Waals surface area (Å²) >= 11 is 1.51. The Morgan fingerprint density at radius 3 is 2.52 bits per heavy atom. The third-order valence-electron chi connectivity index (χ3n) is 4.61. The zero-order valence-corrected chi connectivity index (χ0v) is 17.2. The average Bonchev–Trinajstić information content (AvgIpc) is 3.10. The van der Waals surface area contributed by atoms with E-state index in [1.54, 1.807) is 0 Å². The summed E-state index contributed by atoms with van der Waals surface area (Å²) in [5.74, 6) is 0.00771. The maximum Gasteiger partial charge on any atom is 0.224 e. The number of aromatic amines is 1. The SMILES string of the molecule is Cc1cc(C)nc(Sc2ccc(NC(=O)CCc3c[nH]c4ccccc34)cc2)n1. The Kier molecular flexibility index (Phi) is 5.62. The summed E-state index contributed by atoms with van der Waals surface area (Å²) in [4.78, 5) is 25.5. The van der Waals surface area contributed by atoms with Crippen LogP contribution in [0.1, 0.15) is 23.4 Å². The lowest BCUT2D eigenvalue weighted by molar-refractivity contribution is -0.116. The van der Waals surface area contributed by atoms with Gasteiger partial charge in [0, 0.05) is 45.5 Å². The third kappa shape index (κ3) is 4.84. The number of aromatic nitrogens is 3. The number of hydrogen-bond donors (Lipinski definition) is 2. The number of H-pyrrole nitrogens is 1. The number of carbonyl (C=O) groups excluding carboxylic acids is 1. The van der Waals surface area contributed by atoms with Crippen LogP contribution in [0, 0.1) is 13.8 Å². The second-order valence-corrected chi connectivity index (χ2v) is 8.01. The first-order valence-corrected chi connectivity index (χ1v) is 10.3. The molecule has 0 aliphatic rings. The minimum absolute atomic E-state index is 0.00771. The number of amides is 1. The van der Waals surface area contributed by atoms with E-state index in [9.17, 15) is 4.79 Å². The fourth-order valence-electron chi connectivity index (χ4n) is 3.26. The van der Waals surface area contributed by atoms with Gasteiger partial charge in [0.25, 0.3) is 0 Å². The van der Waals surface area contributed by atoms with Gasteiger partial charge in [-0.1, -0.05) is 18.2 Å². The van der Waals surface area contributed by atoms with Gasteiger partial charge in [0.05, 0.1) is 0 Å². The van der Waals surface area contributed by atoms with Crippen molar-refractivity contribution >= 4 is 34.3 Å². The van der Waals surface area contributed by atoms with Crippen molar-refractivity contribution in [1.82, 2.24) is 15.0 Å². The summed E-state index contributed by atoms with van der Waals surface area (Å²) < 4.78 is 0. The number of aryl methyl sites for hydroxylation is 3. The van der Waals surface area contributed by atoms with Crippen molar-refractivity contribution in [3.8, 4) is 0 Å². The lowest BCUT2D eigenvalue weighted by Crippen LogP contribution is -2.12. The molecule has 0 saturated heterocycles. The average molecular weight is 403 g/mol. The van der Waals surface area contributed by atoms with Crippen LogP contribution in [0.25, 0.3) is 10.9 Å². The molecule has 0 bridgehead atoms. The van der Waals surface area contributed by atoms with Crippen LogP contribution in [-0.2, 0) is 11.2 Å². The number of hydrogen-bond acceptors (Lipinski definition) is 4. The van der Waals surface area contributed by atoms with Gasteiger partial charge in [0.15, 0.2) is 5.16 Å². The van der Waals surface area contributed by atoms with Gasteiger partial charge in [-0.15, -0.1) is 0 Å². The van der Waals surface area contributed by atoms with Crippen molar-refractivity contribution in [2.75, 3.05) is 5.32 Å². The topological polar surface area (TPSA) is 70.7 Å². The monoisotopic (exact) mass is 402 g/mol. The van der Waals surface area contributed by atoms with E-state index in [1.807, 2.05) is 68.6 Å². The van der Waals surface area contributed by atoms with E-state index in [-0.39, 0.29) is 5.91 Å². The summed E-state index contributed by atoms with van der Waals surface area (Å²) in [5, 5.41) is 4.88. The molecule has 2 aromatic heterocycles. The van der Waals surface area contributed by atoms with Crippen LogP contribution < -0.4 is 5.32 Å². The summed E-state index contributed by atoms with van der Waals surface area (Å²) in [7, 11) is 0. The van der Waals surface area contributed by atoms with Crippen molar-refractivity contribution in [1.29, 1.82) is 0 Å². The molecule has 5 nitrogen and oxygen atoms in total. The molecule has 2 N–H and O–H groups in total. The van der Waals surface area contributed by atoms with Crippen molar-refractivity contribution in [3.05, 3.63) is 77.7 Å². The summed E-state index contributed by atoms with van der Waals surface area (Å²) in [5.41, 5.74) is 4.97. The van der Waals surface area contributed by atoms with Crippen molar-refractivity contribution in [2.24, 2.45) is 0 Å². The quantitative estimate of drug-likeness (QED) is 0.430. The Morgan fingerprint density at radius 1 is 1.03 bits per heavy atom. The standard InChI is InChI=1S/C23H22N4OS/c1-15-13-16(2)26-23(25-15)29-19-10-8-18(9-11-19)27-22(28)12-7-17-14-24-21-6-4-3-5-20(17)21/h3-6,8-11,13-14,24H,7,12H2,1-2H3,(H,27,28). The smallest absolute Gasteiger partial charge is 0.224 e. The number of benzene rings is 2. The third-order valence-corrected chi connectivity index (χ3v) is 5.48. The van der Waals surface area contributed by atoms with Gasteiger partial charge in [-0.05, 0) is 74.0 Å². The number of nitrogens with one attached hydrogen (secondary N) is 2. The number of fused-ring (bicyclic) bond motifs is 1. The number of anilines is 1. The van der Waals surface area contributed by atoms with Crippen LogP contribution in [-0.4, -0.2) is 20.9 Å². The highest BCUT2D eigenvalue weighted by Gasteiger charge is 2.08. The van der Waals surface area contributed by atoms with Gasteiger partial charge in [0.1, 0.15) is 0 Å². The molecule has 2 aromatic carbocycles. The first-order valence-electron chi connectivity index (χ1n) is 9.52. The Hall–Kier alpha value is -3.12. The Bertz CT molecular complexity index is 1130. The summed E-state index contributed by atoms with van der Waals surface area (Å²) in [6.07, 6.45) is 3.13. The molecule has 0 aliphatic heterocycles. The summed E-state index contributed by atoms with van der Waals surface area (Å²) in [6.45, 7) is 3.93. The molecule has 6 heteroatoms. The molecule has 0 unspecified atom stereocenters. The highest BCUT2D eigenvalue weighted by atomic mass is 32.2. The molecule has 0 fully saturated rings. The lowest BCUT2D eigenvalue weighted by atomic mass is 10.1. The molecule has 0 atom stereocenters. The molecule has 2 heterocycles. The number of carbonyl (C=O) groups is 1. The molecule has 0 saturated carbocycles. The van der Waals surface area contributed by atoms with Crippen LogP contribution in [0.2, 0.25) is 0 Å². The zero-order valence-electron chi connectivity index (χ0n) is 16.4. The number of nitrogens with zero attached hydrogens (tertiary/aromatic N) is 2. The molecule has 29 heavy (non-hydrogen) atoms. The predicted molar refractivity (Wildman–Crippen MR) is 117 cm³/mol. The van der Waals surface area contributed by atoms with Crippen LogP contribution in [0.15, 0.2) is 70.8 Å². The van der Waals surface area contributed by atoms with Gasteiger partial charge >= 0.3 is 0 Å². The van der Waals surface area contributed by atoms with E-state index in [4.69, 9.17) is 0 Å². The van der Waals surface area contributed by atoms with Gasteiger partial charge in [0.2, 0.25) is 5.91 Å². The predicted octanol–water partition coefficient (Wildman–Crippen LogP) is 5.30. The molecular formula is C23H22N4OS. The largest absolute Gasteiger partial charge is 0.361 e. The van der Waals surface area contributed by atoms with Gasteiger partial charge in [-0.25, -0.2) is 9.97 Å². The van der Waals surface area contributed by atoms with E-state index in [0.29, 0.717) is 12.8 Å². The highest BCUT2D eigenvalue weighted by Crippen LogP contribution is 2.26. The van der Waals surface area contributed by atoms with E-state index in [2.05, 4.69) is 26.3 Å². The Labute approximate surface area is 174 Å². The van der Waals surface area contributed by atoms with Crippen LogP contribution in [0.3, 0.4) is 0 Å². The molecule has 0 radical (unpaired) electrons. The first-order chi connectivity index (χ1) is 14.1. The lowest BCUT2D eigenvalue weighted by Gasteiger charge is -2.07. The van der Waals surface area contributed by atoms with Gasteiger partial charge in [-0.3, -0.25) is 4.79 Å². The maximum atomic E-state index is 12.3. The first kappa shape index (κ1) is 19.2. The van der Waals surface area contributed by atoms with Crippen LogP contribution >= 0.6 is 11.8 Å². The second-order valence-electron chi connectivity index (χ2n) is 6.97. The molecule has 1 amide bonds. The molecule has 0 spiro atoms. The number of rotatable bonds is 6. The van der Waals surface area contributed by atoms with Crippen molar-refractivity contribution in [2.45, 2.75) is 36.7 Å². The normalized spacial score (nSPS) is 11.0. The maximum absolute atomic E-state index is 12.3. The van der Waals surface area contributed by atoms with Crippen molar-refractivity contribution in [3.63, 3.8) is 0 Å². The van der Waals surface area contributed by atoms with Crippen LogP contribution in [0.4, 0.5) is 5.69 Å². The van der Waals surface area contributed by atoms with Gasteiger partial charge < -0.3 is 10.3 Å².